The average Bonchev–Trinajstić information content (AvgIpc) is 2.80. The van der Waals surface area contributed by atoms with Crippen LogP contribution in [0.4, 0.5) is 13.6 Å². The molecule has 4 nitrogen and oxygen atoms in total. The molecule has 1 aliphatic carbocycles. The normalized spacial score (nSPS) is 23.8. The maximum atomic E-state index is 13.3. The Morgan fingerprint density at radius 2 is 1.83 bits per heavy atom. The number of carbonyl (C=O) groups is 1. The topological polar surface area (TPSA) is 49.8 Å². The zero-order valence-corrected chi connectivity index (χ0v) is 14.1. The van der Waals surface area contributed by atoms with E-state index >= 15 is 0 Å². The zero-order chi connectivity index (χ0) is 16.7. The summed E-state index contributed by atoms with van der Waals surface area (Å²) in [5.41, 5.74) is -0.129. The first-order valence-corrected chi connectivity index (χ1v) is 8.37. The van der Waals surface area contributed by atoms with Gasteiger partial charge in [0.1, 0.15) is 5.60 Å². The van der Waals surface area contributed by atoms with Crippen molar-refractivity contribution >= 4 is 22.0 Å². The fourth-order valence-corrected chi connectivity index (χ4v) is 3.43. The highest BCUT2D eigenvalue weighted by Gasteiger charge is 2.51. The lowest BCUT2D eigenvalue weighted by Gasteiger charge is -2.34. The molecule has 1 aromatic carbocycles. The third-order valence-corrected chi connectivity index (χ3v) is 5.11. The molecular formula is C16H18BrF2NO3. The molecule has 1 amide bonds. The molecule has 1 saturated carbocycles. The molecule has 1 unspecified atom stereocenters. The number of aliphatic hydroxyl groups excluding tert-OH is 1. The molecule has 1 saturated heterocycles. The third-order valence-electron chi connectivity index (χ3n) is 4.58. The highest BCUT2D eigenvalue weighted by Crippen LogP contribution is 2.43. The van der Waals surface area contributed by atoms with E-state index in [9.17, 15) is 18.7 Å². The van der Waals surface area contributed by atoms with E-state index in [-0.39, 0.29) is 38.8 Å². The Morgan fingerprint density at radius 3 is 2.43 bits per heavy atom. The largest absolute Gasteiger partial charge is 0.441 e. The van der Waals surface area contributed by atoms with Crippen molar-refractivity contribution in [2.45, 2.75) is 43.3 Å². The molecule has 1 spiro atoms. The maximum absolute atomic E-state index is 13.3. The van der Waals surface area contributed by atoms with Gasteiger partial charge in [0, 0.05) is 17.3 Å². The van der Waals surface area contributed by atoms with Crippen LogP contribution in [0.15, 0.2) is 28.7 Å². The van der Waals surface area contributed by atoms with Crippen LogP contribution in [0.5, 0.6) is 0 Å². The van der Waals surface area contributed by atoms with Crippen molar-refractivity contribution in [3.05, 3.63) is 34.3 Å². The van der Waals surface area contributed by atoms with Crippen molar-refractivity contribution < 1.29 is 23.4 Å². The third kappa shape index (κ3) is 3.66. The summed E-state index contributed by atoms with van der Waals surface area (Å²) >= 11 is 3.32. The van der Waals surface area contributed by atoms with Gasteiger partial charge < -0.3 is 14.7 Å². The molecule has 1 N–H and O–H groups in total. The lowest BCUT2D eigenvalue weighted by atomic mass is 9.82. The summed E-state index contributed by atoms with van der Waals surface area (Å²) in [7, 11) is 0. The monoisotopic (exact) mass is 389 g/mol. The molecule has 3 rings (SSSR count). The van der Waals surface area contributed by atoms with E-state index in [0.717, 1.165) is 4.47 Å². The number of nitrogens with zero attached hydrogens (tertiary/aromatic N) is 1. The molecule has 1 aromatic rings. The molecule has 1 atom stereocenters. The number of halogens is 3. The summed E-state index contributed by atoms with van der Waals surface area (Å²) in [5, 5.41) is 10.3. The van der Waals surface area contributed by atoms with Crippen LogP contribution in [0.3, 0.4) is 0 Å². The van der Waals surface area contributed by atoms with Gasteiger partial charge in [0.2, 0.25) is 5.92 Å². The predicted octanol–water partition coefficient (Wildman–Crippen LogP) is 3.88. The number of hydrogen-bond donors (Lipinski definition) is 1. The van der Waals surface area contributed by atoms with Gasteiger partial charge in [0.05, 0.1) is 19.2 Å². The molecule has 2 aliphatic rings. The van der Waals surface area contributed by atoms with Crippen LogP contribution in [-0.4, -0.2) is 40.7 Å². The van der Waals surface area contributed by atoms with Crippen LogP contribution < -0.4 is 0 Å². The lowest BCUT2D eigenvalue weighted by molar-refractivity contribution is -0.0911. The van der Waals surface area contributed by atoms with E-state index in [1.165, 1.54) is 4.90 Å². The van der Waals surface area contributed by atoms with E-state index in [2.05, 4.69) is 15.9 Å². The van der Waals surface area contributed by atoms with Gasteiger partial charge in [-0.2, -0.15) is 0 Å². The SMILES string of the molecule is O=C1OC2(CCC(F)(F)CC2)CN1CC(O)c1ccc(Br)cc1. The first kappa shape index (κ1) is 16.6. The number of rotatable bonds is 3. The number of carbonyl (C=O) groups excluding carboxylic acids is 1. The van der Waals surface area contributed by atoms with Crippen LogP contribution in [0.2, 0.25) is 0 Å². The second-order valence-electron chi connectivity index (χ2n) is 6.35. The summed E-state index contributed by atoms with van der Waals surface area (Å²) < 4.78 is 32.9. The molecule has 7 heteroatoms. The van der Waals surface area contributed by atoms with E-state index in [4.69, 9.17) is 4.74 Å². The molecule has 0 aromatic heterocycles. The van der Waals surface area contributed by atoms with E-state index in [1.807, 2.05) is 12.1 Å². The van der Waals surface area contributed by atoms with Gasteiger partial charge in [0.15, 0.2) is 0 Å². The predicted molar refractivity (Wildman–Crippen MR) is 83.3 cm³/mol. The Hall–Kier alpha value is -1.21. The standard InChI is InChI=1S/C16H18BrF2NO3/c17-12-3-1-11(2-4-12)13(21)9-20-10-15(23-14(20)22)5-7-16(18,19)8-6-15/h1-4,13,21H,5-10H2. The molecule has 1 heterocycles. The number of ether oxygens (including phenoxy) is 1. The Bertz CT molecular complexity index is 583. The van der Waals surface area contributed by atoms with Crippen molar-refractivity contribution in [2.75, 3.05) is 13.1 Å². The Balaban J connectivity index is 1.63. The number of amides is 1. The molecule has 1 aliphatic heterocycles. The number of hydrogen-bond acceptors (Lipinski definition) is 3. The number of alkyl halides is 2. The number of β-amino-alcohol motifs (C(OH)–C–C–N with tert-alkyl or cyclic N) is 1. The van der Waals surface area contributed by atoms with E-state index < -0.39 is 23.7 Å². The van der Waals surface area contributed by atoms with Crippen molar-refractivity contribution in [1.29, 1.82) is 0 Å². The second kappa shape index (κ2) is 6.02. The maximum Gasteiger partial charge on any atom is 0.410 e. The zero-order valence-electron chi connectivity index (χ0n) is 12.5. The van der Waals surface area contributed by atoms with Crippen molar-refractivity contribution in [2.24, 2.45) is 0 Å². The van der Waals surface area contributed by atoms with Gasteiger partial charge in [-0.15, -0.1) is 0 Å². The molecule has 23 heavy (non-hydrogen) atoms. The van der Waals surface area contributed by atoms with Crippen LogP contribution >= 0.6 is 15.9 Å². The Labute approximate surface area is 141 Å². The highest BCUT2D eigenvalue weighted by atomic mass is 79.9. The summed E-state index contributed by atoms with van der Waals surface area (Å²) in [5.74, 6) is -2.66. The van der Waals surface area contributed by atoms with Crippen molar-refractivity contribution in [1.82, 2.24) is 4.90 Å². The van der Waals surface area contributed by atoms with Gasteiger partial charge in [-0.1, -0.05) is 28.1 Å². The first-order chi connectivity index (χ1) is 10.8. The summed E-state index contributed by atoms with van der Waals surface area (Å²) in [6, 6.07) is 7.16. The van der Waals surface area contributed by atoms with E-state index in [0.29, 0.717) is 5.56 Å². The second-order valence-corrected chi connectivity index (χ2v) is 7.27. The fraction of sp³-hybridized carbons (Fsp3) is 0.562. The number of aliphatic hydroxyl groups is 1. The molecule has 2 fully saturated rings. The number of benzene rings is 1. The van der Waals surface area contributed by atoms with Crippen LogP contribution in [-0.2, 0) is 4.74 Å². The molecule has 0 bridgehead atoms. The van der Waals surface area contributed by atoms with Crippen molar-refractivity contribution in [3.63, 3.8) is 0 Å². The average molecular weight is 390 g/mol. The first-order valence-electron chi connectivity index (χ1n) is 7.58. The quantitative estimate of drug-likeness (QED) is 0.852. The Morgan fingerprint density at radius 1 is 1.22 bits per heavy atom. The lowest BCUT2D eigenvalue weighted by Crippen LogP contribution is -2.42. The minimum absolute atomic E-state index is 0.0958. The van der Waals surface area contributed by atoms with Crippen LogP contribution in [0, 0.1) is 0 Å². The summed E-state index contributed by atoms with van der Waals surface area (Å²) in [4.78, 5) is 13.4. The molecule has 0 radical (unpaired) electrons. The minimum Gasteiger partial charge on any atom is -0.441 e. The highest BCUT2D eigenvalue weighted by molar-refractivity contribution is 9.10. The van der Waals surface area contributed by atoms with Crippen molar-refractivity contribution in [3.8, 4) is 0 Å². The smallest absolute Gasteiger partial charge is 0.410 e. The summed E-state index contributed by atoms with van der Waals surface area (Å²) in [6.45, 7) is 0.355. The van der Waals surface area contributed by atoms with Crippen LogP contribution in [0.1, 0.15) is 37.4 Å². The van der Waals surface area contributed by atoms with Gasteiger partial charge in [-0.3, -0.25) is 0 Å². The van der Waals surface area contributed by atoms with E-state index in [1.54, 1.807) is 12.1 Å². The van der Waals surface area contributed by atoms with Gasteiger partial charge in [-0.05, 0) is 30.5 Å². The minimum atomic E-state index is -2.66. The Kier molecular flexibility index (Phi) is 4.35. The van der Waals surface area contributed by atoms with Gasteiger partial charge in [-0.25, -0.2) is 13.6 Å². The molecular weight excluding hydrogens is 372 g/mol. The van der Waals surface area contributed by atoms with Gasteiger partial charge >= 0.3 is 6.09 Å². The van der Waals surface area contributed by atoms with Gasteiger partial charge in [0.25, 0.3) is 0 Å². The molecule has 126 valence electrons. The fourth-order valence-electron chi connectivity index (χ4n) is 3.16. The summed E-state index contributed by atoms with van der Waals surface area (Å²) in [6.07, 6.45) is -1.57. The van der Waals surface area contributed by atoms with Crippen LogP contribution in [0.25, 0.3) is 0 Å².